The van der Waals surface area contributed by atoms with Crippen molar-refractivity contribution in [1.82, 2.24) is 5.32 Å². The van der Waals surface area contributed by atoms with Crippen molar-refractivity contribution in [1.29, 1.82) is 5.26 Å². The van der Waals surface area contributed by atoms with E-state index in [0.717, 1.165) is 23.9 Å². The molecule has 1 unspecified atom stereocenters. The number of nitrogens with one attached hydrogen (secondary N) is 2. The largest absolute Gasteiger partial charge is 0.323 e. The lowest BCUT2D eigenvalue weighted by molar-refractivity contribution is -0.121. The van der Waals surface area contributed by atoms with E-state index >= 15 is 0 Å². The van der Waals surface area contributed by atoms with Gasteiger partial charge in [-0.05, 0) is 44.5 Å². The number of amides is 1. The first kappa shape index (κ1) is 13.1. The van der Waals surface area contributed by atoms with Crippen LogP contribution in [0.1, 0.15) is 25.3 Å². The highest BCUT2D eigenvalue weighted by Crippen LogP contribution is 2.24. The summed E-state index contributed by atoms with van der Waals surface area (Å²) >= 11 is 3.34. The lowest BCUT2D eigenvalue weighted by atomic mass is 9.99. The summed E-state index contributed by atoms with van der Waals surface area (Å²) in [4.78, 5) is 12.2. The summed E-state index contributed by atoms with van der Waals surface area (Å²) < 4.78 is 0.835. The molecule has 1 fully saturated rings. The van der Waals surface area contributed by atoms with Crippen LogP contribution in [0.2, 0.25) is 0 Å². The second kappa shape index (κ2) is 5.09. The number of halogens is 1. The summed E-state index contributed by atoms with van der Waals surface area (Å²) in [7, 11) is 0. The van der Waals surface area contributed by atoms with Gasteiger partial charge < -0.3 is 10.6 Å². The molecule has 1 aliphatic heterocycles. The number of carbonyl (C=O) groups excluding carboxylic acids is 1. The molecule has 2 rings (SSSR count). The minimum Gasteiger partial charge on any atom is -0.323 e. The first-order chi connectivity index (χ1) is 8.55. The predicted molar refractivity (Wildman–Crippen MR) is 73.1 cm³/mol. The van der Waals surface area contributed by atoms with Crippen LogP contribution in [0.3, 0.4) is 0 Å². The van der Waals surface area contributed by atoms with E-state index in [2.05, 4.69) is 32.6 Å². The molecule has 0 spiro atoms. The van der Waals surface area contributed by atoms with Gasteiger partial charge in [0.15, 0.2) is 0 Å². The van der Waals surface area contributed by atoms with Gasteiger partial charge in [-0.1, -0.05) is 15.9 Å². The van der Waals surface area contributed by atoms with Crippen LogP contribution >= 0.6 is 15.9 Å². The Morgan fingerprint density at radius 3 is 3.00 bits per heavy atom. The van der Waals surface area contributed by atoms with Gasteiger partial charge in [0, 0.05) is 4.47 Å². The molecule has 1 aromatic rings. The van der Waals surface area contributed by atoms with Gasteiger partial charge >= 0.3 is 0 Å². The third kappa shape index (κ3) is 2.55. The van der Waals surface area contributed by atoms with Crippen LogP contribution in [0.25, 0.3) is 0 Å². The van der Waals surface area contributed by atoms with E-state index in [1.54, 1.807) is 18.2 Å². The van der Waals surface area contributed by atoms with Crippen molar-refractivity contribution >= 4 is 27.5 Å². The van der Waals surface area contributed by atoms with Crippen molar-refractivity contribution in [3.8, 4) is 6.07 Å². The van der Waals surface area contributed by atoms with Crippen molar-refractivity contribution in [3.05, 3.63) is 28.2 Å². The minimum atomic E-state index is -0.533. The van der Waals surface area contributed by atoms with Gasteiger partial charge in [0.2, 0.25) is 5.91 Å². The van der Waals surface area contributed by atoms with Crippen LogP contribution in [0.5, 0.6) is 0 Å². The topological polar surface area (TPSA) is 64.9 Å². The summed E-state index contributed by atoms with van der Waals surface area (Å²) in [5, 5.41) is 15.0. The highest BCUT2D eigenvalue weighted by atomic mass is 79.9. The molecule has 0 aliphatic carbocycles. The maximum atomic E-state index is 12.2. The lowest BCUT2D eigenvalue weighted by Crippen LogP contribution is -2.48. The fourth-order valence-electron chi connectivity index (χ4n) is 2.07. The molecule has 1 aromatic carbocycles. The Morgan fingerprint density at radius 2 is 2.39 bits per heavy atom. The number of nitriles is 1. The zero-order chi connectivity index (χ0) is 13.2. The smallest absolute Gasteiger partial charge is 0.244 e. The normalized spacial score (nSPS) is 22.5. The second-order valence-corrected chi connectivity index (χ2v) is 5.53. The SMILES string of the molecule is CC1(C(=O)Nc2cc(Br)ccc2C#N)CCCN1. The molecule has 18 heavy (non-hydrogen) atoms. The van der Waals surface area contributed by atoms with Gasteiger partial charge in [0.1, 0.15) is 6.07 Å². The van der Waals surface area contributed by atoms with Gasteiger partial charge in [-0.3, -0.25) is 4.79 Å². The van der Waals surface area contributed by atoms with Crippen LogP contribution in [0.15, 0.2) is 22.7 Å². The lowest BCUT2D eigenvalue weighted by Gasteiger charge is -2.23. The predicted octanol–water partition coefficient (Wildman–Crippen LogP) is 2.40. The van der Waals surface area contributed by atoms with Gasteiger partial charge in [0.05, 0.1) is 16.8 Å². The van der Waals surface area contributed by atoms with Crippen LogP contribution < -0.4 is 10.6 Å². The van der Waals surface area contributed by atoms with E-state index in [0.29, 0.717) is 11.3 Å². The Kier molecular flexibility index (Phi) is 3.69. The number of hydrogen-bond acceptors (Lipinski definition) is 3. The van der Waals surface area contributed by atoms with E-state index < -0.39 is 5.54 Å². The highest BCUT2D eigenvalue weighted by Gasteiger charge is 2.36. The molecule has 1 atom stereocenters. The van der Waals surface area contributed by atoms with Crippen LogP contribution in [-0.2, 0) is 4.79 Å². The summed E-state index contributed by atoms with van der Waals surface area (Å²) in [6.07, 6.45) is 1.81. The molecule has 94 valence electrons. The number of anilines is 1. The van der Waals surface area contributed by atoms with E-state index in [1.807, 2.05) is 6.92 Å². The van der Waals surface area contributed by atoms with E-state index in [9.17, 15) is 4.79 Å². The summed E-state index contributed by atoms with van der Waals surface area (Å²) in [6, 6.07) is 7.29. The molecular formula is C13H14BrN3O. The Bertz CT molecular complexity index is 515. The maximum Gasteiger partial charge on any atom is 0.244 e. The van der Waals surface area contributed by atoms with Crippen molar-refractivity contribution in [2.45, 2.75) is 25.3 Å². The number of hydrogen-bond donors (Lipinski definition) is 2. The third-order valence-electron chi connectivity index (χ3n) is 3.22. The van der Waals surface area contributed by atoms with Gasteiger partial charge in [-0.15, -0.1) is 0 Å². The van der Waals surface area contributed by atoms with Gasteiger partial charge in [-0.25, -0.2) is 0 Å². The van der Waals surface area contributed by atoms with Crippen LogP contribution in [0.4, 0.5) is 5.69 Å². The Morgan fingerprint density at radius 1 is 1.61 bits per heavy atom. The van der Waals surface area contributed by atoms with Crippen LogP contribution in [-0.4, -0.2) is 18.0 Å². The second-order valence-electron chi connectivity index (χ2n) is 4.62. The molecule has 1 saturated heterocycles. The molecule has 4 nitrogen and oxygen atoms in total. The van der Waals surface area contributed by atoms with Crippen molar-refractivity contribution in [3.63, 3.8) is 0 Å². The zero-order valence-electron chi connectivity index (χ0n) is 10.1. The molecule has 1 heterocycles. The Balaban J connectivity index is 2.21. The average Bonchev–Trinajstić information content (AvgIpc) is 2.78. The number of nitrogens with zero attached hydrogens (tertiary/aromatic N) is 1. The monoisotopic (exact) mass is 307 g/mol. The molecule has 5 heteroatoms. The molecule has 0 aromatic heterocycles. The number of benzene rings is 1. The van der Waals surface area contributed by atoms with Crippen LogP contribution in [0, 0.1) is 11.3 Å². The highest BCUT2D eigenvalue weighted by molar-refractivity contribution is 9.10. The van der Waals surface area contributed by atoms with E-state index in [-0.39, 0.29) is 5.91 Å². The van der Waals surface area contributed by atoms with Crippen molar-refractivity contribution < 1.29 is 4.79 Å². The first-order valence-electron chi connectivity index (χ1n) is 5.81. The number of carbonyl (C=O) groups is 1. The van der Waals surface area contributed by atoms with E-state index in [1.165, 1.54) is 0 Å². The summed E-state index contributed by atoms with van der Waals surface area (Å²) in [6.45, 7) is 2.74. The quantitative estimate of drug-likeness (QED) is 0.882. The molecule has 0 radical (unpaired) electrons. The standard InChI is InChI=1S/C13H14BrN3O/c1-13(5-2-6-16-13)12(18)17-11-7-10(14)4-3-9(11)8-15/h3-4,7,16H,2,5-6H2,1H3,(H,17,18). The minimum absolute atomic E-state index is 0.0883. The Hall–Kier alpha value is -1.38. The van der Waals surface area contributed by atoms with Crippen molar-refractivity contribution in [2.75, 3.05) is 11.9 Å². The molecular weight excluding hydrogens is 294 g/mol. The average molecular weight is 308 g/mol. The maximum absolute atomic E-state index is 12.2. The number of rotatable bonds is 2. The van der Waals surface area contributed by atoms with Gasteiger partial charge in [-0.2, -0.15) is 5.26 Å². The molecule has 1 aliphatic rings. The summed E-state index contributed by atoms with van der Waals surface area (Å²) in [5.41, 5.74) is 0.481. The third-order valence-corrected chi connectivity index (χ3v) is 3.71. The fraction of sp³-hybridized carbons (Fsp3) is 0.385. The summed E-state index contributed by atoms with van der Waals surface area (Å²) in [5.74, 6) is -0.0883. The zero-order valence-corrected chi connectivity index (χ0v) is 11.7. The molecule has 2 N–H and O–H groups in total. The van der Waals surface area contributed by atoms with Gasteiger partial charge in [0.25, 0.3) is 0 Å². The van der Waals surface area contributed by atoms with Crippen molar-refractivity contribution in [2.24, 2.45) is 0 Å². The van der Waals surface area contributed by atoms with E-state index in [4.69, 9.17) is 5.26 Å². The first-order valence-corrected chi connectivity index (χ1v) is 6.60. The fourth-order valence-corrected chi connectivity index (χ4v) is 2.43. The Labute approximate surface area is 115 Å². The molecule has 0 saturated carbocycles. The molecule has 0 bridgehead atoms. The molecule has 1 amide bonds.